The van der Waals surface area contributed by atoms with Crippen LogP contribution in [0.15, 0.2) is 90.0 Å². The Labute approximate surface area is 168 Å². The molecule has 2 amide bonds. The summed E-state index contributed by atoms with van der Waals surface area (Å²) in [7, 11) is 0. The average Bonchev–Trinajstić information content (AvgIpc) is 3.21. The van der Waals surface area contributed by atoms with Crippen LogP contribution >= 0.6 is 0 Å². The minimum atomic E-state index is -0.595. The van der Waals surface area contributed by atoms with Crippen molar-refractivity contribution >= 4 is 28.9 Å². The van der Waals surface area contributed by atoms with Gasteiger partial charge in [-0.3, -0.25) is 14.6 Å². The molecule has 1 aliphatic rings. The fourth-order valence-electron chi connectivity index (χ4n) is 3.40. The van der Waals surface area contributed by atoms with Crippen LogP contribution in [0.2, 0.25) is 0 Å². The standard InChI is InChI=1S/C23H20N4O2/c24-22(28)18-13-7-8-14-19(18)25-23(29)20-15-21(16-9-3-1-4-10-16)27(26-20)17-11-5-2-6-12-17/h1-14,21H,15H2,(H2,24,28)(H,25,29). The monoisotopic (exact) mass is 384 g/mol. The lowest BCUT2D eigenvalue weighted by Gasteiger charge is -2.23. The summed E-state index contributed by atoms with van der Waals surface area (Å²) < 4.78 is 0. The molecule has 29 heavy (non-hydrogen) atoms. The molecule has 6 heteroatoms. The highest BCUT2D eigenvalue weighted by Crippen LogP contribution is 2.35. The first kappa shape index (κ1) is 18.4. The number of anilines is 2. The first-order valence-electron chi connectivity index (χ1n) is 9.30. The van der Waals surface area contributed by atoms with E-state index in [1.807, 2.05) is 65.7 Å². The Morgan fingerprint density at radius 1 is 0.897 bits per heavy atom. The number of nitrogens with zero attached hydrogens (tertiary/aromatic N) is 2. The van der Waals surface area contributed by atoms with Gasteiger partial charge in [0.25, 0.3) is 11.8 Å². The number of hydrogen-bond acceptors (Lipinski definition) is 4. The highest BCUT2D eigenvalue weighted by Gasteiger charge is 2.32. The second-order valence-electron chi connectivity index (χ2n) is 6.72. The Morgan fingerprint density at radius 2 is 1.52 bits per heavy atom. The summed E-state index contributed by atoms with van der Waals surface area (Å²) in [5.74, 6) is -0.944. The summed E-state index contributed by atoms with van der Waals surface area (Å²) in [4.78, 5) is 24.6. The third kappa shape index (κ3) is 3.87. The molecule has 3 aromatic carbocycles. The van der Waals surface area contributed by atoms with E-state index in [0.717, 1.165) is 11.3 Å². The van der Waals surface area contributed by atoms with Gasteiger partial charge in [-0.25, -0.2) is 0 Å². The van der Waals surface area contributed by atoms with E-state index >= 15 is 0 Å². The van der Waals surface area contributed by atoms with E-state index in [2.05, 4.69) is 10.4 Å². The first-order valence-corrected chi connectivity index (χ1v) is 9.30. The van der Waals surface area contributed by atoms with E-state index in [1.54, 1.807) is 24.3 Å². The number of carbonyl (C=O) groups excluding carboxylic acids is 2. The van der Waals surface area contributed by atoms with Crippen molar-refractivity contribution in [3.8, 4) is 0 Å². The molecule has 1 heterocycles. The molecule has 0 fully saturated rings. The zero-order chi connectivity index (χ0) is 20.2. The van der Waals surface area contributed by atoms with Crippen LogP contribution in [0.5, 0.6) is 0 Å². The number of benzene rings is 3. The van der Waals surface area contributed by atoms with Crippen molar-refractivity contribution in [3.05, 3.63) is 96.1 Å². The predicted molar refractivity (Wildman–Crippen MR) is 114 cm³/mol. The molecule has 0 spiro atoms. The Morgan fingerprint density at radius 3 is 2.21 bits per heavy atom. The van der Waals surface area contributed by atoms with Crippen LogP contribution in [0.3, 0.4) is 0 Å². The predicted octanol–water partition coefficient (Wildman–Crippen LogP) is 3.73. The molecule has 1 aliphatic heterocycles. The van der Waals surface area contributed by atoms with Crippen LogP contribution in [0.1, 0.15) is 28.4 Å². The molecule has 6 nitrogen and oxygen atoms in total. The lowest BCUT2D eigenvalue weighted by molar-refractivity contribution is -0.110. The van der Waals surface area contributed by atoms with Gasteiger partial charge in [-0.05, 0) is 29.8 Å². The van der Waals surface area contributed by atoms with Crippen molar-refractivity contribution < 1.29 is 9.59 Å². The molecule has 0 bridgehead atoms. The van der Waals surface area contributed by atoms with Crippen molar-refractivity contribution in [2.75, 3.05) is 10.3 Å². The highest BCUT2D eigenvalue weighted by molar-refractivity contribution is 6.44. The van der Waals surface area contributed by atoms with Gasteiger partial charge >= 0.3 is 0 Å². The molecule has 0 aromatic heterocycles. The Bertz CT molecular complexity index is 1060. The molecule has 1 unspecified atom stereocenters. The molecular weight excluding hydrogens is 364 g/mol. The maximum absolute atomic E-state index is 12.9. The summed E-state index contributed by atoms with van der Waals surface area (Å²) in [6.45, 7) is 0. The maximum atomic E-state index is 12.9. The largest absolute Gasteiger partial charge is 0.366 e. The van der Waals surface area contributed by atoms with Gasteiger partial charge in [0, 0.05) is 6.42 Å². The van der Waals surface area contributed by atoms with E-state index in [0.29, 0.717) is 17.8 Å². The maximum Gasteiger partial charge on any atom is 0.271 e. The summed E-state index contributed by atoms with van der Waals surface area (Å²) in [6.07, 6.45) is 0.448. The lowest BCUT2D eigenvalue weighted by Crippen LogP contribution is -2.24. The van der Waals surface area contributed by atoms with E-state index < -0.39 is 5.91 Å². The fourth-order valence-corrected chi connectivity index (χ4v) is 3.40. The quantitative estimate of drug-likeness (QED) is 0.702. The number of hydrazone groups is 1. The molecular formula is C23H20N4O2. The van der Waals surface area contributed by atoms with E-state index in [-0.39, 0.29) is 17.5 Å². The van der Waals surface area contributed by atoms with Crippen LogP contribution in [0.25, 0.3) is 0 Å². The Kier molecular flexibility index (Phi) is 5.07. The summed E-state index contributed by atoms with van der Waals surface area (Å²) in [5.41, 5.74) is 8.42. The topological polar surface area (TPSA) is 87.8 Å². The molecule has 3 N–H and O–H groups in total. The Balaban J connectivity index is 1.64. The highest BCUT2D eigenvalue weighted by atomic mass is 16.2. The number of hydrogen-bond donors (Lipinski definition) is 2. The third-order valence-corrected chi connectivity index (χ3v) is 4.82. The van der Waals surface area contributed by atoms with Crippen molar-refractivity contribution in [2.24, 2.45) is 10.8 Å². The van der Waals surface area contributed by atoms with Crippen LogP contribution in [0, 0.1) is 0 Å². The van der Waals surface area contributed by atoms with Crippen LogP contribution in [0.4, 0.5) is 11.4 Å². The number of nitrogens with two attached hydrogens (primary N) is 1. The van der Waals surface area contributed by atoms with Crippen molar-refractivity contribution in [2.45, 2.75) is 12.5 Å². The van der Waals surface area contributed by atoms with Crippen molar-refractivity contribution in [3.63, 3.8) is 0 Å². The normalized spacial score (nSPS) is 15.7. The van der Waals surface area contributed by atoms with Gasteiger partial charge in [0.05, 0.1) is 23.0 Å². The van der Waals surface area contributed by atoms with Gasteiger partial charge in [-0.15, -0.1) is 0 Å². The van der Waals surface area contributed by atoms with E-state index in [9.17, 15) is 9.59 Å². The molecule has 0 aliphatic carbocycles. The molecule has 0 radical (unpaired) electrons. The second kappa shape index (κ2) is 7.98. The molecule has 0 saturated carbocycles. The number of para-hydroxylation sites is 2. The zero-order valence-electron chi connectivity index (χ0n) is 15.7. The summed E-state index contributed by atoms with van der Waals surface area (Å²) in [6, 6.07) is 26.3. The second-order valence-corrected chi connectivity index (χ2v) is 6.72. The molecule has 3 aromatic rings. The molecule has 0 saturated heterocycles. The van der Waals surface area contributed by atoms with Crippen molar-refractivity contribution in [1.82, 2.24) is 0 Å². The molecule has 144 valence electrons. The third-order valence-electron chi connectivity index (χ3n) is 4.82. The molecule has 4 rings (SSSR count). The van der Waals surface area contributed by atoms with Gasteiger partial charge in [0.1, 0.15) is 5.71 Å². The SMILES string of the molecule is NC(=O)c1ccccc1NC(=O)C1=NN(c2ccccc2)C(c2ccccc2)C1. The zero-order valence-corrected chi connectivity index (χ0v) is 15.7. The fraction of sp³-hybridized carbons (Fsp3) is 0.0870. The van der Waals surface area contributed by atoms with Gasteiger partial charge in [0.2, 0.25) is 0 Å². The summed E-state index contributed by atoms with van der Waals surface area (Å²) >= 11 is 0. The number of nitrogens with one attached hydrogen (secondary N) is 1. The first-order chi connectivity index (χ1) is 14.1. The number of amides is 2. The lowest BCUT2D eigenvalue weighted by atomic mass is 10.0. The van der Waals surface area contributed by atoms with E-state index in [1.165, 1.54) is 0 Å². The van der Waals surface area contributed by atoms with Crippen LogP contribution in [-0.4, -0.2) is 17.5 Å². The smallest absolute Gasteiger partial charge is 0.271 e. The minimum absolute atomic E-state index is 0.0919. The average molecular weight is 384 g/mol. The van der Waals surface area contributed by atoms with Gasteiger partial charge in [-0.2, -0.15) is 5.10 Å². The number of carbonyl (C=O) groups is 2. The van der Waals surface area contributed by atoms with Crippen molar-refractivity contribution in [1.29, 1.82) is 0 Å². The van der Waals surface area contributed by atoms with Crippen LogP contribution in [-0.2, 0) is 4.79 Å². The van der Waals surface area contributed by atoms with E-state index in [4.69, 9.17) is 5.73 Å². The minimum Gasteiger partial charge on any atom is -0.366 e. The van der Waals surface area contributed by atoms with Gasteiger partial charge in [0.15, 0.2) is 0 Å². The van der Waals surface area contributed by atoms with Crippen LogP contribution < -0.4 is 16.1 Å². The van der Waals surface area contributed by atoms with Gasteiger partial charge in [-0.1, -0.05) is 60.7 Å². The van der Waals surface area contributed by atoms with Gasteiger partial charge < -0.3 is 11.1 Å². The Hall–Kier alpha value is -3.93. The number of rotatable bonds is 5. The summed E-state index contributed by atoms with van der Waals surface area (Å²) in [5, 5.41) is 9.25. The number of primary amides is 1. The molecule has 1 atom stereocenters.